The van der Waals surface area contributed by atoms with Gasteiger partial charge in [0.05, 0.1) is 23.6 Å². The molecule has 8 heteroatoms. The van der Waals surface area contributed by atoms with Crippen LogP contribution < -0.4 is 5.56 Å². The summed E-state index contributed by atoms with van der Waals surface area (Å²) in [6, 6.07) is 8.12. The van der Waals surface area contributed by atoms with Crippen LogP contribution in [0.25, 0.3) is 22.4 Å². The fraction of sp³-hybridized carbons (Fsp3) is 0.500. The predicted octanol–water partition coefficient (Wildman–Crippen LogP) is 4.35. The first-order valence-electron chi connectivity index (χ1n) is 11.7. The van der Waals surface area contributed by atoms with Crippen LogP contribution in [-0.2, 0) is 34.8 Å². The minimum atomic E-state index is -0.265. The second-order valence-electron chi connectivity index (χ2n) is 9.18. The van der Waals surface area contributed by atoms with Crippen molar-refractivity contribution in [1.82, 2.24) is 14.1 Å². The summed E-state index contributed by atoms with van der Waals surface area (Å²) in [4.78, 5) is 29.6. The first kappa shape index (κ1) is 26.0. The van der Waals surface area contributed by atoms with Crippen molar-refractivity contribution < 1.29 is 14.3 Å². The molecule has 2 aromatic heterocycles. The van der Waals surface area contributed by atoms with Gasteiger partial charge < -0.3 is 18.6 Å². The predicted molar refractivity (Wildman–Crippen MR) is 135 cm³/mol. The minimum Gasteiger partial charge on any atom is -0.462 e. The highest BCUT2D eigenvalue weighted by atomic mass is 35.5. The molecule has 0 radical (unpaired) electrons. The highest BCUT2D eigenvalue weighted by Gasteiger charge is 2.25. The Bertz CT molecular complexity index is 1180. The lowest BCUT2D eigenvalue weighted by Crippen LogP contribution is -2.26. The van der Waals surface area contributed by atoms with Crippen LogP contribution in [0.5, 0.6) is 0 Å². The van der Waals surface area contributed by atoms with Crippen molar-refractivity contribution in [1.29, 1.82) is 0 Å². The lowest BCUT2D eigenvalue weighted by Gasteiger charge is -2.18. The molecule has 0 saturated heterocycles. The van der Waals surface area contributed by atoms with Crippen LogP contribution in [0, 0.1) is 12.8 Å². The number of carbonyl (C=O) groups is 1. The summed E-state index contributed by atoms with van der Waals surface area (Å²) in [5.41, 5.74) is 4.64. The average Bonchev–Trinajstić information content (AvgIpc) is 3.42. The van der Waals surface area contributed by atoms with Crippen LogP contribution in [0.1, 0.15) is 43.2 Å². The molecule has 0 amide bonds. The van der Waals surface area contributed by atoms with Crippen molar-refractivity contribution in [2.45, 2.75) is 51.6 Å². The number of halogens is 1. The standard InChI is InChI=1S/C26H33N3O4.ClH/c1-17-13-20(15-28(2)25(17)30)24-27-22-14-18(10-12-23(22)29(24)3)9-11-19(16-32-4)26(31)33-21-7-5-6-8-21;/h10,12-15,19,21H,5-9,11,16H2,1-4H3;1H/t19-;/m0./s1. The quantitative estimate of drug-likeness (QED) is 0.441. The van der Waals surface area contributed by atoms with Gasteiger partial charge in [-0.25, -0.2) is 4.98 Å². The third kappa shape index (κ3) is 5.53. The summed E-state index contributed by atoms with van der Waals surface area (Å²) in [5.74, 6) is 0.410. The molecule has 0 aliphatic heterocycles. The summed E-state index contributed by atoms with van der Waals surface area (Å²) >= 11 is 0. The fourth-order valence-corrected chi connectivity index (χ4v) is 4.74. The Kier molecular flexibility index (Phi) is 8.55. The van der Waals surface area contributed by atoms with Crippen molar-refractivity contribution >= 4 is 29.4 Å². The number of nitrogens with zero attached hydrogens (tertiary/aromatic N) is 3. The Morgan fingerprint density at radius 2 is 1.94 bits per heavy atom. The maximum Gasteiger partial charge on any atom is 0.311 e. The second kappa shape index (κ2) is 11.2. The topological polar surface area (TPSA) is 75.4 Å². The second-order valence-corrected chi connectivity index (χ2v) is 9.18. The van der Waals surface area contributed by atoms with E-state index in [1.54, 1.807) is 18.7 Å². The smallest absolute Gasteiger partial charge is 0.311 e. The molecule has 0 N–H and O–H groups in total. The molecule has 184 valence electrons. The number of pyridine rings is 1. The molecule has 1 atom stereocenters. The first-order chi connectivity index (χ1) is 15.9. The number of ether oxygens (including phenoxy) is 2. The van der Waals surface area contributed by atoms with Crippen LogP contribution in [0.3, 0.4) is 0 Å². The van der Waals surface area contributed by atoms with Crippen molar-refractivity contribution in [2.75, 3.05) is 13.7 Å². The number of rotatable bonds is 8. The zero-order valence-corrected chi connectivity index (χ0v) is 21.2. The van der Waals surface area contributed by atoms with Gasteiger partial charge in [0.1, 0.15) is 11.9 Å². The molecule has 0 bridgehead atoms. The van der Waals surface area contributed by atoms with Crippen LogP contribution in [0.15, 0.2) is 35.3 Å². The van der Waals surface area contributed by atoms with E-state index in [9.17, 15) is 9.59 Å². The largest absolute Gasteiger partial charge is 0.462 e. The number of benzene rings is 1. The lowest BCUT2D eigenvalue weighted by atomic mass is 9.99. The normalized spacial score (nSPS) is 14.8. The van der Waals surface area contributed by atoms with E-state index >= 15 is 0 Å². The SMILES string of the molecule is COC[C@H](CCc1ccc2c(c1)nc(-c1cc(C)c(=O)n(C)c1)n2C)C(=O)OC1CCCC1.Cl. The van der Waals surface area contributed by atoms with Gasteiger partial charge >= 0.3 is 5.97 Å². The maximum absolute atomic E-state index is 12.7. The minimum absolute atomic E-state index is 0. The number of hydrogen-bond acceptors (Lipinski definition) is 5. The van der Waals surface area contributed by atoms with Gasteiger partial charge in [0, 0.05) is 38.5 Å². The molecule has 0 spiro atoms. The summed E-state index contributed by atoms with van der Waals surface area (Å²) in [6.45, 7) is 2.19. The third-order valence-electron chi connectivity index (χ3n) is 6.63. The Labute approximate surface area is 206 Å². The van der Waals surface area contributed by atoms with Crippen LogP contribution in [0.2, 0.25) is 0 Å². The number of fused-ring (bicyclic) bond motifs is 1. The molecule has 1 fully saturated rings. The lowest BCUT2D eigenvalue weighted by molar-refractivity contribution is -0.155. The Hall–Kier alpha value is -2.64. The van der Waals surface area contributed by atoms with Gasteiger partial charge in [-0.1, -0.05) is 6.07 Å². The zero-order chi connectivity index (χ0) is 23.5. The Morgan fingerprint density at radius 3 is 2.62 bits per heavy atom. The third-order valence-corrected chi connectivity index (χ3v) is 6.63. The van der Waals surface area contributed by atoms with E-state index in [4.69, 9.17) is 14.5 Å². The van der Waals surface area contributed by atoms with Gasteiger partial charge in [0.25, 0.3) is 5.56 Å². The number of hydrogen-bond donors (Lipinski definition) is 0. The molecule has 2 heterocycles. The highest BCUT2D eigenvalue weighted by molar-refractivity contribution is 5.85. The monoisotopic (exact) mass is 487 g/mol. The molecular weight excluding hydrogens is 454 g/mol. The molecular formula is C26H34ClN3O4. The molecule has 7 nitrogen and oxygen atoms in total. The van der Waals surface area contributed by atoms with E-state index < -0.39 is 0 Å². The van der Waals surface area contributed by atoms with Crippen molar-refractivity contribution in [3.8, 4) is 11.4 Å². The van der Waals surface area contributed by atoms with Gasteiger partial charge in [0.2, 0.25) is 0 Å². The van der Waals surface area contributed by atoms with Gasteiger partial charge in [-0.2, -0.15) is 0 Å². The van der Waals surface area contributed by atoms with Gasteiger partial charge in [-0.05, 0) is 69.2 Å². The fourth-order valence-electron chi connectivity index (χ4n) is 4.74. The average molecular weight is 488 g/mol. The number of imidazole rings is 1. The molecule has 1 aliphatic rings. The molecule has 1 aromatic carbocycles. The molecule has 1 aliphatic carbocycles. The van der Waals surface area contributed by atoms with Gasteiger partial charge in [0.15, 0.2) is 0 Å². The van der Waals surface area contributed by atoms with Crippen molar-refractivity contribution in [3.63, 3.8) is 0 Å². The zero-order valence-electron chi connectivity index (χ0n) is 20.4. The molecule has 0 unspecified atom stereocenters. The summed E-state index contributed by atoms with van der Waals surface area (Å²) in [5, 5.41) is 0. The van der Waals surface area contributed by atoms with Crippen LogP contribution >= 0.6 is 12.4 Å². The number of aromatic nitrogens is 3. The van der Waals surface area contributed by atoms with Gasteiger partial charge in [-0.3, -0.25) is 9.59 Å². The van der Waals surface area contributed by atoms with Crippen LogP contribution in [-0.4, -0.2) is 39.9 Å². The van der Waals surface area contributed by atoms with E-state index in [0.29, 0.717) is 18.6 Å². The summed E-state index contributed by atoms with van der Waals surface area (Å²) < 4.78 is 14.7. The van der Waals surface area contributed by atoms with Crippen LogP contribution in [0.4, 0.5) is 0 Å². The number of aryl methyl sites for hydroxylation is 4. The molecule has 4 rings (SSSR count). The molecule has 34 heavy (non-hydrogen) atoms. The number of esters is 1. The van der Waals surface area contributed by atoms with E-state index in [1.165, 1.54) is 0 Å². The van der Waals surface area contributed by atoms with Gasteiger partial charge in [-0.15, -0.1) is 12.4 Å². The van der Waals surface area contributed by atoms with Crippen molar-refractivity contribution in [3.05, 3.63) is 51.9 Å². The Balaban J connectivity index is 0.00000324. The first-order valence-corrected chi connectivity index (χ1v) is 11.7. The molecule has 1 saturated carbocycles. The summed E-state index contributed by atoms with van der Waals surface area (Å²) in [7, 11) is 5.37. The van der Waals surface area contributed by atoms with E-state index in [1.807, 2.05) is 30.8 Å². The van der Waals surface area contributed by atoms with Crippen molar-refractivity contribution in [2.24, 2.45) is 20.0 Å². The number of carbonyl (C=O) groups excluding carboxylic acids is 1. The highest BCUT2D eigenvalue weighted by Crippen LogP contribution is 2.26. The maximum atomic E-state index is 12.7. The number of methoxy groups -OCH3 is 1. The van der Waals surface area contributed by atoms with E-state index in [2.05, 4.69) is 18.2 Å². The summed E-state index contributed by atoms with van der Waals surface area (Å²) in [6.07, 6.45) is 7.53. The van der Waals surface area contributed by atoms with E-state index in [0.717, 1.165) is 60.1 Å². The Morgan fingerprint density at radius 1 is 1.21 bits per heavy atom. The van der Waals surface area contributed by atoms with E-state index in [-0.39, 0.29) is 36.0 Å². The molecule has 3 aromatic rings.